The Kier molecular flexibility index (Phi) is 3.32. The second kappa shape index (κ2) is 4.59. The van der Waals surface area contributed by atoms with Gasteiger partial charge in [0.25, 0.3) is 0 Å². The Labute approximate surface area is 99.3 Å². The summed E-state index contributed by atoms with van der Waals surface area (Å²) in [6, 6.07) is 6.03. The summed E-state index contributed by atoms with van der Waals surface area (Å²) in [4.78, 5) is 1.95. The van der Waals surface area contributed by atoms with Gasteiger partial charge in [-0.15, -0.1) is 0 Å². The Bertz CT molecular complexity index is 481. The molecule has 0 amide bonds. The predicted molar refractivity (Wildman–Crippen MR) is 61.7 cm³/mol. The molecule has 17 heavy (non-hydrogen) atoms. The van der Waals surface area contributed by atoms with Crippen molar-refractivity contribution in [3.05, 3.63) is 30.1 Å². The van der Waals surface area contributed by atoms with Crippen LogP contribution in [0.4, 0.5) is 10.1 Å². The molecule has 0 saturated carbocycles. The van der Waals surface area contributed by atoms with Crippen molar-refractivity contribution in [2.24, 2.45) is 0 Å². The largest absolute Gasteiger partial charge is 0.369 e. The molecule has 7 heteroatoms. The third kappa shape index (κ3) is 2.93. The van der Waals surface area contributed by atoms with Crippen molar-refractivity contribution in [2.75, 3.05) is 31.1 Å². The lowest BCUT2D eigenvalue weighted by Gasteiger charge is -2.33. The van der Waals surface area contributed by atoms with Gasteiger partial charge in [-0.1, -0.05) is 0 Å². The van der Waals surface area contributed by atoms with Crippen LogP contribution in [0.15, 0.2) is 24.3 Å². The highest BCUT2D eigenvalue weighted by atomic mass is 32.2. The molecule has 0 atom stereocenters. The van der Waals surface area contributed by atoms with Crippen molar-refractivity contribution in [1.29, 1.82) is 0 Å². The maximum Gasteiger partial charge on any atom is 0.336 e. The fourth-order valence-electron chi connectivity index (χ4n) is 1.83. The highest BCUT2D eigenvalue weighted by molar-refractivity contribution is 7.83. The molecule has 0 bridgehead atoms. The molecular weight excluding hydrogens is 247 g/mol. The molecule has 0 spiro atoms. The third-order valence-corrected chi connectivity index (χ3v) is 3.77. The third-order valence-electron chi connectivity index (χ3n) is 2.76. The van der Waals surface area contributed by atoms with Crippen LogP contribution >= 0.6 is 0 Å². The Morgan fingerprint density at radius 2 is 1.59 bits per heavy atom. The zero-order valence-electron chi connectivity index (χ0n) is 9.08. The van der Waals surface area contributed by atoms with Crippen LogP contribution in [-0.4, -0.2) is 43.5 Å². The molecule has 1 saturated heterocycles. The summed E-state index contributed by atoms with van der Waals surface area (Å²) < 4.78 is 44.4. The maximum atomic E-state index is 12.7. The van der Waals surface area contributed by atoms with Gasteiger partial charge < -0.3 is 4.90 Å². The van der Waals surface area contributed by atoms with Gasteiger partial charge in [-0.05, 0) is 24.3 Å². The van der Waals surface area contributed by atoms with Crippen LogP contribution in [0, 0.1) is 5.82 Å². The zero-order chi connectivity index (χ0) is 12.5. The number of hydrogen-bond donors (Lipinski definition) is 1. The van der Waals surface area contributed by atoms with Crippen molar-refractivity contribution >= 4 is 16.0 Å². The van der Waals surface area contributed by atoms with Crippen LogP contribution in [0.1, 0.15) is 0 Å². The molecule has 0 aromatic heterocycles. The Balaban J connectivity index is 2.02. The molecule has 1 fully saturated rings. The molecule has 2 rings (SSSR count). The Morgan fingerprint density at radius 1 is 1.06 bits per heavy atom. The molecule has 0 radical (unpaired) electrons. The standard InChI is InChI=1S/C10H13FN2O3S/c11-9-1-3-10(4-2-9)12-5-7-13(8-6-12)17(14,15)16/h1-4H,5-8H2,(H,14,15,16). The highest BCUT2D eigenvalue weighted by Crippen LogP contribution is 2.17. The number of anilines is 1. The highest BCUT2D eigenvalue weighted by Gasteiger charge is 2.24. The lowest BCUT2D eigenvalue weighted by Crippen LogP contribution is -2.48. The van der Waals surface area contributed by atoms with Crippen molar-refractivity contribution in [3.8, 4) is 0 Å². The molecule has 1 heterocycles. The van der Waals surface area contributed by atoms with Gasteiger partial charge in [0, 0.05) is 31.9 Å². The molecule has 1 aromatic carbocycles. The summed E-state index contributed by atoms with van der Waals surface area (Å²) >= 11 is 0. The van der Waals surface area contributed by atoms with Crippen molar-refractivity contribution in [1.82, 2.24) is 4.31 Å². The minimum Gasteiger partial charge on any atom is -0.369 e. The summed E-state index contributed by atoms with van der Waals surface area (Å²) in [5, 5.41) is 0. The Morgan fingerprint density at radius 3 is 2.06 bits per heavy atom. The van der Waals surface area contributed by atoms with Crippen LogP contribution in [0.3, 0.4) is 0 Å². The van der Waals surface area contributed by atoms with Gasteiger partial charge in [0.2, 0.25) is 0 Å². The smallest absolute Gasteiger partial charge is 0.336 e. The molecule has 1 aliphatic rings. The average molecular weight is 260 g/mol. The first-order valence-electron chi connectivity index (χ1n) is 5.20. The van der Waals surface area contributed by atoms with Gasteiger partial charge in [-0.3, -0.25) is 4.55 Å². The van der Waals surface area contributed by atoms with Gasteiger partial charge >= 0.3 is 10.3 Å². The molecular formula is C10H13FN2O3S. The zero-order valence-corrected chi connectivity index (χ0v) is 9.90. The van der Waals surface area contributed by atoms with Crippen molar-refractivity contribution in [3.63, 3.8) is 0 Å². The van der Waals surface area contributed by atoms with Gasteiger partial charge in [0.05, 0.1) is 0 Å². The minimum atomic E-state index is -4.09. The number of rotatable bonds is 2. The van der Waals surface area contributed by atoms with E-state index in [0.717, 1.165) is 9.99 Å². The molecule has 0 unspecified atom stereocenters. The van der Waals surface area contributed by atoms with E-state index in [1.54, 1.807) is 12.1 Å². The van der Waals surface area contributed by atoms with E-state index in [1.165, 1.54) is 12.1 Å². The van der Waals surface area contributed by atoms with Gasteiger partial charge in [-0.2, -0.15) is 12.7 Å². The fraction of sp³-hybridized carbons (Fsp3) is 0.400. The lowest BCUT2D eigenvalue weighted by atomic mass is 10.2. The monoisotopic (exact) mass is 260 g/mol. The molecule has 1 aromatic rings. The van der Waals surface area contributed by atoms with E-state index in [1.807, 2.05) is 4.90 Å². The Hall–Kier alpha value is -1.18. The molecule has 0 aliphatic carbocycles. The summed E-state index contributed by atoms with van der Waals surface area (Å²) in [7, 11) is -4.09. The van der Waals surface area contributed by atoms with Crippen LogP contribution in [0.5, 0.6) is 0 Å². The number of nitrogens with zero attached hydrogens (tertiary/aromatic N) is 2. The van der Waals surface area contributed by atoms with E-state index in [9.17, 15) is 12.8 Å². The van der Waals surface area contributed by atoms with Gasteiger partial charge in [0.1, 0.15) is 5.82 Å². The van der Waals surface area contributed by atoms with E-state index in [0.29, 0.717) is 13.1 Å². The van der Waals surface area contributed by atoms with Crippen molar-refractivity contribution < 1.29 is 17.4 Å². The average Bonchev–Trinajstić information content (AvgIpc) is 2.29. The van der Waals surface area contributed by atoms with E-state index >= 15 is 0 Å². The first-order valence-corrected chi connectivity index (χ1v) is 6.59. The molecule has 5 nitrogen and oxygen atoms in total. The summed E-state index contributed by atoms with van der Waals surface area (Å²) in [5.41, 5.74) is 0.849. The summed E-state index contributed by atoms with van der Waals surface area (Å²) in [5.74, 6) is -0.301. The maximum absolute atomic E-state index is 12.7. The van der Waals surface area contributed by atoms with Gasteiger partial charge in [-0.25, -0.2) is 4.39 Å². The quantitative estimate of drug-likeness (QED) is 0.797. The first-order chi connectivity index (χ1) is 7.97. The van der Waals surface area contributed by atoms with E-state index in [2.05, 4.69) is 0 Å². The summed E-state index contributed by atoms with van der Waals surface area (Å²) in [6.07, 6.45) is 0. The van der Waals surface area contributed by atoms with Crippen molar-refractivity contribution in [2.45, 2.75) is 0 Å². The molecule has 1 aliphatic heterocycles. The number of piperazine rings is 1. The normalized spacial score (nSPS) is 18.4. The SMILES string of the molecule is O=S(=O)(O)N1CCN(c2ccc(F)cc2)CC1. The second-order valence-corrected chi connectivity index (χ2v) is 5.25. The number of hydrogen-bond acceptors (Lipinski definition) is 3. The van der Waals surface area contributed by atoms with Gasteiger partial charge in [0.15, 0.2) is 0 Å². The van der Waals surface area contributed by atoms with Crippen LogP contribution in [-0.2, 0) is 10.3 Å². The predicted octanol–water partition coefficient (Wildman–Crippen LogP) is 0.750. The fourth-order valence-corrected chi connectivity index (χ4v) is 2.45. The van der Waals surface area contributed by atoms with Crippen LogP contribution < -0.4 is 4.90 Å². The van der Waals surface area contributed by atoms with E-state index in [-0.39, 0.29) is 18.9 Å². The van der Waals surface area contributed by atoms with Crippen LogP contribution in [0.25, 0.3) is 0 Å². The topological polar surface area (TPSA) is 60.9 Å². The molecule has 94 valence electrons. The van der Waals surface area contributed by atoms with E-state index < -0.39 is 10.3 Å². The minimum absolute atomic E-state index is 0.232. The summed E-state index contributed by atoms with van der Waals surface area (Å²) in [6.45, 7) is 1.42. The number of benzene rings is 1. The van der Waals surface area contributed by atoms with E-state index in [4.69, 9.17) is 4.55 Å². The lowest BCUT2D eigenvalue weighted by molar-refractivity contribution is 0.335. The first kappa shape index (κ1) is 12.3. The second-order valence-electron chi connectivity index (χ2n) is 3.84. The molecule has 1 N–H and O–H groups in total. The number of halogens is 1. The van der Waals surface area contributed by atoms with Crippen LogP contribution in [0.2, 0.25) is 0 Å².